The van der Waals surface area contributed by atoms with E-state index in [1.165, 1.54) is 0 Å². The van der Waals surface area contributed by atoms with Crippen molar-refractivity contribution in [2.45, 2.75) is 10.7 Å². The molecule has 0 fully saturated rings. The standard InChI is InChI=1S/C22H14BrNO2/c23-22(13-14-7-2-1-3-8-14)20(25)17-11-6-10-16-15-9-4-5-12-18(15)24(19(16)17)21(22)26/h1-12H,13H2. The molecule has 4 aromatic rings. The summed E-state index contributed by atoms with van der Waals surface area (Å²) in [5.41, 5.74) is 3.08. The Kier molecular flexibility index (Phi) is 3.22. The van der Waals surface area contributed by atoms with Crippen molar-refractivity contribution in [3.63, 3.8) is 0 Å². The second kappa shape index (κ2) is 5.39. The lowest BCUT2D eigenvalue weighted by Gasteiger charge is -2.30. The van der Waals surface area contributed by atoms with E-state index in [-0.39, 0.29) is 11.7 Å². The van der Waals surface area contributed by atoms with Gasteiger partial charge in [0.05, 0.1) is 11.0 Å². The minimum atomic E-state index is -1.29. The summed E-state index contributed by atoms with van der Waals surface area (Å²) in [5.74, 6) is -0.400. The van der Waals surface area contributed by atoms with Crippen molar-refractivity contribution in [2.75, 3.05) is 0 Å². The summed E-state index contributed by atoms with van der Waals surface area (Å²) in [6.45, 7) is 0. The molecule has 1 aliphatic rings. The minimum Gasteiger partial charge on any atom is -0.292 e. The molecular weight excluding hydrogens is 390 g/mol. The second-order valence-electron chi connectivity index (χ2n) is 6.65. The third-order valence-electron chi connectivity index (χ3n) is 5.13. The molecule has 3 nitrogen and oxygen atoms in total. The number of aromatic nitrogens is 1. The van der Waals surface area contributed by atoms with E-state index in [4.69, 9.17) is 0 Å². The Hall–Kier alpha value is -2.72. The Labute approximate surface area is 158 Å². The van der Waals surface area contributed by atoms with E-state index in [1.54, 1.807) is 4.57 Å². The fourth-order valence-electron chi connectivity index (χ4n) is 3.93. The number of carbonyl (C=O) groups excluding carboxylic acids is 2. The maximum Gasteiger partial charge on any atom is 0.256 e. The van der Waals surface area contributed by atoms with E-state index in [9.17, 15) is 9.59 Å². The van der Waals surface area contributed by atoms with Crippen molar-refractivity contribution >= 4 is 49.4 Å². The molecular formula is C22H14BrNO2. The van der Waals surface area contributed by atoms with Gasteiger partial charge in [-0.1, -0.05) is 76.6 Å². The van der Waals surface area contributed by atoms with Crippen LogP contribution in [0, 0.1) is 0 Å². The molecule has 0 N–H and O–H groups in total. The molecule has 1 aliphatic heterocycles. The molecule has 0 spiro atoms. The van der Waals surface area contributed by atoms with Crippen molar-refractivity contribution in [1.29, 1.82) is 0 Å². The first-order chi connectivity index (χ1) is 12.6. The van der Waals surface area contributed by atoms with Gasteiger partial charge in [0.25, 0.3) is 5.91 Å². The van der Waals surface area contributed by atoms with Crippen molar-refractivity contribution in [3.8, 4) is 0 Å². The van der Waals surface area contributed by atoms with E-state index >= 15 is 0 Å². The van der Waals surface area contributed by atoms with Crippen molar-refractivity contribution in [1.82, 2.24) is 4.57 Å². The Morgan fingerprint density at radius 3 is 2.31 bits per heavy atom. The molecule has 126 valence electrons. The van der Waals surface area contributed by atoms with Crippen LogP contribution < -0.4 is 0 Å². The number of ketones is 1. The molecule has 0 amide bonds. The SMILES string of the molecule is O=C1c2cccc3c4ccccc4n(c23)C(=O)C1(Br)Cc1ccccc1. The van der Waals surface area contributed by atoms with Gasteiger partial charge in [0.1, 0.15) is 0 Å². The number of alkyl halides is 1. The molecule has 1 aromatic heterocycles. The largest absolute Gasteiger partial charge is 0.292 e. The number of halogens is 1. The molecule has 2 heterocycles. The number of fused-ring (bicyclic) bond motifs is 3. The molecule has 0 saturated heterocycles. The maximum absolute atomic E-state index is 13.5. The van der Waals surface area contributed by atoms with Crippen LogP contribution >= 0.6 is 15.9 Å². The number of nitrogens with zero attached hydrogens (tertiary/aromatic N) is 1. The number of rotatable bonds is 2. The van der Waals surface area contributed by atoms with Gasteiger partial charge in [0.2, 0.25) is 0 Å². The van der Waals surface area contributed by atoms with Crippen molar-refractivity contribution in [2.24, 2.45) is 0 Å². The number of benzene rings is 3. The molecule has 26 heavy (non-hydrogen) atoms. The van der Waals surface area contributed by atoms with E-state index in [0.29, 0.717) is 17.5 Å². The van der Waals surface area contributed by atoms with Crippen LogP contribution in [0.25, 0.3) is 21.8 Å². The van der Waals surface area contributed by atoms with Crippen LogP contribution in [0.3, 0.4) is 0 Å². The lowest BCUT2D eigenvalue weighted by Crippen LogP contribution is -2.48. The lowest BCUT2D eigenvalue weighted by molar-refractivity contribution is 0.0785. The Bertz CT molecular complexity index is 1210. The van der Waals surface area contributed by atoms with Crippen LogP contribution in [0.2, 0.25) is 0 Å². The Morgan fingerprint density at radius 1 is 0.808 bits per heavy atom. The topological polar surface area (TPSA) is 39.1 Å². The van der Waals surface area contributed by atoms with Crippen molar-refractivity contribution in [3.05, 3.63) is 83.9 Å². The van der Waals surface area contributed by atoms with Gasteiger partial charge in [-0.05, 0) is 17.7 Å². The Morgan fingerprint density at radius 2 is 1.50 bits per heavy atom. The van der Waals surface area contributed by atoms with Crippen LogP contribution in [0.1, 0.15) is 20.7 Å². The van der Waals surface area contributed by atoms with Gasteiger partial charge in [-0.25, -0.2) is 0 Å². The maximum atomic E-state index is 13.5. The summed E-state index contributed by atoms with van der Waals surface area (Å²) >= 11 is 3.55. The second-order valence-corrected chi connectivity index (χ2v) is 8.01. The number of carbonyl (C=O) groups is 2. The van der Waals surface area contributed by atoms with E-state index in [0.717, 1.165) is 21.9 Å². The van der Waals surface area contributed by atoms with Gasteiger partial charge in [-0.2, -0.15) is 0 Å². The molecule has 1 atom stereocenters. The molecule has 0 saturated carbocycles. The van der Waals surface area contributed by atoms with Crippen LogP contribution in [0.15, 0.2) is 72.8 Å². The van der Waals surface area contributed by atoms with Crippen LogP contribution in [0.4, 0.5) is 0 Å². The average molecular weight is 404 g/mol. The summed E-state index contributed by atoms with van der Waals surface area (Å²) in [4.78, 5) is 26.8. The first kappa shape index (κ1) is 15.5. The number of hydrogen-bond donors (Lipinski definition) is 0. The highest BCUT2D eigenvalue weighted by atomic mass is 79.9. The van der Waals surface area contributed by atoms with E-state index < -0.39 is 4.32 Å². The third kappa shape index (κ3) is 1.93. The third-order valence-corrected chi connectivity index (χ3v) is 6.11. The summed E-state index contributed by atoms with van der Waals surface area (Å²) in [6, 6.07) is 23.1. The summed E-state index contributed by atoms with van der Waals surface area (Å²) in [5, 5.41) is 1.93. The van der Waals surface area contributed by atoms with Crippen LogP contribution in [-0.4, -0.2) is 20.6 Å². The highest BCUT2D eigenvalue weighted by Gasteiger charge is 2.49. The fourth-order valence-corrected chi connectivity index (χ4v) is 4.65. The summed E-state index contributed by atoms with van der Waals surface area (Å²) < 4.78 is 0.413. The zero-order valence-electron chi connectivity index (χ0n) is 13.8. The lowest BCUT2D eigenvalue weighted by atomic mass is 9.87. The quantitative estimate of drug-likeness (QED) is 0.348. The van der Waals surface area contributed by atoms with Gasteiger partial charge in [-0.15, -0.1) is 0 Å². The fraction of sp³-hybridized carbons (Fsp3) is 0.0909. The summed E-state index contributed by atoms with van der Waals surface area (Å²) in [7, 11) is 0. The Balaban J connectivity index is 1.82. The molecule has 4 heteroatoms. The predicted molar refractivity (Wildman–Crippen MR) is 106 cm³/mol. The van der Waals surface area contributed by atoms with Crippen LogP contribution in [-0.2, 0) is 6.42 Å². The molecule has 1 unspecified atom stereocenters. The minimum absolute atomic E-state index is 0.174. The highest BCUT2D eigenvalue weighted by molar-refractivity contribution is 9.10. The van der Waals surface area contributed by atoms with Gasteiger partial charge in [0.15, 0.2) is 10.1 Å². The first-order valence-electron chi connectivity index (χ1n) is 8.46. The summed E-state index contributed by atoms with van der Waals surface area (Å²) in [6.07, 6.45) is 0.313. The molecule has 0 bridgehead atoms. The van der Waals surface area contributed by atoms with Crippen molar-refractivity contribution < 1.29 is 9.59 Å². The molecule has 3 aromatic carbocycles. The average Bonchev–Trinajstić information content (AvgIpc) is 3.01. The molecule has 5 rings (SSSR count). The molecule has 0 aliphatic carbocycles. The van der Waals surface area contributed by atoms with Gasteiger partial charge in [0, 0.05) is 22.8 Å². The first-order valence-corrected chi connectivity index (χ1v) is 9.25. The zero-order valence-corrected chi connectivity index (χ0v) is 15.4. The highest BCUT2D eigenvalue weighted by Crippen LogP contribution is 2.41. The van der Waals surface area contributed by atoms with E-state index in [1.807, 2.05) is 72.8 Å². The zero-order chi connectivity index (χ0) is 17.9. The predicted octanol–water partition coefficient (Wildman–Crippen LogP) is 5.01. The number of para-hydroxylation sites is 2. The smallest absolute Gasteiger partial charge is 0.256 e. The van der Waals surface area contributed by atoms with Crippen LogP contribution in [0.5, 0.6) is 0 Å². The molecule has 0 radical (unpaired) electrons. The normalized spacial score (nSPS) is 19.4. The monoisotopic (exact) mass is 403 g/mol. The van der Waals surface area contributed by atoms with Gasteiger partial charge in [-0.3, -0.25) is 14.2 Å². The number of Topliss-reactive ketones (excluding diaryl/α,β-unsaturated/α-hetero) is 1. The van der Waals surface area contributed by atoms with Gasteiger partial charge >= 0.3 is 0 Å². The van der Waals surface area contributed by atoms with Gasteiger partial charge < -0.3 is 0 Å². The number of hydrogen-bond acceptors (Lipinski definition) is 2. The van der Waals surface area contributed by atoms with E-state index in [2.05, 4.69) is 15.9 Å².